The van der Waals surface area contributed by atoms with Gasteiger partial charge in [0.05, 0.1) is 24.8 Å². The second kappa shape index (κ2) is 7.81. The fraction of sp³-hybridized carbons (Fsp3) is 0.176. The summed E-state index contributed by atoms with van der Waals surface area (Å²) in [7, 11) is 0. The van der Waals surface area contributed by atoms with Crippen molar-refractivity contribution in [2.45, 2.75) is 6.61 Å². The molecule has 22 heavy (non-hydrogen) atoms. The number of rotatable bonds is 5. The number of nitrogens with zero attached hydrogens (tertiary/aromatic N) is 2. The molecular formula is C17H16N2O3. The van der Waals surface area contributed by atoms with E-state index in [1.54, 1.807) is 24.3 Å². The number of aliphatic hydroxyl groups is 1. The number of hydrogen-bond donors (Lipinski definition) is 1. The molecule has 1 N–H and O–H groups in total. The van der Waals surface area contributed by atoms with E-state index in [0.717, 1.165) is 5.56 Å². The summed E-state index contributed by atoms with van der Waals surface area (Å²) < 4.78 is 5.26. The highest BCUT2D eigenvalue weighted by Gasteiger charge is 2.16. The summed E-state index contributed by atoms with van der Waals surface area (Å²) in [4.78, 5) is 13.5. The predicted molar refractivity (Wildman–Crippen MR) is 82.2 cm³/mol. The number of aliphatic hydroxyl groups excluding tert-OH is 1. The van der Waals surface area contributed by atoms with Crippen molar-refractivity contribution < 1.29 is 14.6 Å². The normalized spacial score (nSPS) is 9.82. The van der Waals surface area contributed by atoms with Crippen LogP contribution in [0.3, 0.4) is 0 Å². The van der Waals surface area contributed by atoms with Crippen molar-refractivity contribution >= 4 is 11.8 Å². The molecule has 5 heteroatoms. The predicted octanol–water partition coefficient (Wildman–Crippen LogP) is 2.69. The molecule has 0 aromatic heterocycles. The summed E-state index contributed by atoms with van der Waals surface area (Å²) in [5.74, 6) is 0. The molecular weight excluding hydrogens is 280 g/mol. The molecule has 5 nitrogen and oxygen atoms in total. The molecule has 0 bridgehead atoms. The Kier molecular flexibility index (Phi) is 5.52. The molecule has 0 saturated heterocycles. The van der Waals surface area contributed by atoms with E-state index in [-0.39, 0.29) is 19.8 Å². The molecule has 2 aromatic rings. The summed E-state index contributed by atoms with van der Waals surface area (Å²) in [5, 5.41) is 17.9. The summed E-state index contributed by atoms with van der Waals surface area (Å²) >= 11 is 0. The lowest BCUT2D eigenvalue weighted by Crippen LogP contribution is -2.34. The molecule has 2 aromatic carbocycles. The second-order valence-electron chi connectivity index (χ2n) is 4.57. The molecule has 0 spiro atoms. The number of carbonyl (C=O) groups is 1. The summed E-state index contributed by atoms with van der Waals surface area (Å²) in [5.41, 5.74) is 1.97. The highest BCUT2D eigenvalue weighted by Crippen LogP contribution is 2.16. The third kappa shape index (κ3) is 4.08. The van der Waals surface area contributed by atoms with Gasteiger partial charge in [-0.05, 0) is 29.8 Å². The Balaban J connectivity index is 2.06. The first-order chi connectivity index (χ1) is 10.7. The minimum Gasteiger partial charge on any atom is -0.444 e. The van der Waals surface area contributed by atoms with Crippen LogP contribution in [0.4, 0.5) is 10.5 Å². The van der Waals surface area contributed by atoms with Gasteiger partial charge in [-0.2, -0.15) is 5.26 Å². The molecule has 0 atom stereocenters. The van der Waals surface area contributed by atoms with E-state index in [2.05, 4.69) is 0 Å². The lowest BCUT2D eigenvalue weighted by molar-refractivity contribution is 0.145. The second-order valence-corrected chi connectivity index (χ2v) is 4.57. The third-order valence-electron chi connectivity index (χ3n) is 3.06. The lowest BCUT2D eigenvalue weighted by atomic mass is 10.2. The van der Waals surface area contributed by atoms with E-state index >= 15 is 0 Å². The van der Waals surface area contributed by atoms with E-state index in [4.69, 9.17) is 15.1 Å². The van der Waals surface area contributed by atoms with E-state index in [1.807, 2.05) is 36.4 Å². The van der Waals surface area contributed by atoms with Crippen molar-refractivity contribution in [3.63, 3.8) is 0 Å². The Morgan fingerprint density at radius 2 is 1.82 bits per heavy atom. The van der Waals surface area contributed by atoms with Crippen LogP contribution in [0.15, 0.2) is 54.6 Å². The van der Waals surface area contributed by atoms with E-state index < -0.39 is 6.09 Å². The van der Waals surface area contributed by atoms with Crippen LogP contribution in [0, 0.1) is 11.3 Å². The van der Waals surface area contributed by atoms with Crippen LogP contribution in [0.2, 0.25) is 0 Å². The van der Waals surface area contributed by atoms with Crippen LogP contribution in [0.25, 0.3) is 0 Å². The van der Waals surface area contributed by atoms with Gasteiger partial charge in [0, 0.05) is 5.69 Å². The lowest BCUT2D eigenvalue weighted by Gasteiger charge is -2.21. The number of carbonyl (C=O) groups excluding carboxylic acids is 1. The Hall–Kier alpha value is -2.84. The van der Waals surface area contributed by atoms with Crippen LogP contribution in [0.1, 0.15) is 11.1 Å². The summed E-state index contributed by atoms with van der Waals surface area (Å²) in [6.07, 6.45) is -0.539. The SMILES string of the molecule is N#Cc1ccc(N(CCO)C(=O)OCc2ccccc2)cc1. The van der Waals surface area contributed by atoms with Crippen LogP contribution < -0.4 is 4.90 Å². The largest absolute Gasteiger partial charge is 0.444 e. The number of nitriles is 1. The monoisotopic (exact) mass is 296 g/mol. The number of amides is 1. The minimum absolute atomic E-state index is 0.125. The smallest absolute Gasteiger partial charge is 0.414 e. The first kappa shape index (κ1) is 15.5. The van der Waals surface area contributed by atoms with Gasteiger partial charge in [0.15, 0.2) is 0 Å². The number of ether oxygens (including phenoxy) is 1. The van der Waals surface area contributed by atoms with Crippen LogP contribution in [-0.4, -0.2) is 24.4 Å². The maximum atomic E-state index is 12.2. The standard InChI is InChI=1S/C17H16N2O3/c18-12-14-6-8-16(9-7-14)19(10-11-20)17(21)22-13-15-4-2-1-3-5-15/h1-9,20H,10-11,13H2. The number of hydrogen-bond acceptors (Lipinski definition) is 4. The van der Waals surface area contributed by atoms with Crippen molar-refractivity contribution in [3.8, 4) is 6.07 Å². The fourth-order valence-corrected chi connectivity index (χ4v) is 1.94. The van der Waals surface area contributed by atoms with Crippen LogP contribution in [0.5, 0.6) is 0 Å². The molecule has 0 heterocycles. The van der Waals surface area contributed by atoms with E-state index in [1.165, 1.54) is 4.90 Å². The molecule has 0 unspecified atom stereocenters. The zero-order chi connectivity index (χ0) is 15.8. The van der Waals surface area contributed by atoms with E-state index in [0.29, 0.717) is 11.3 Å². The Bertz CT molecular complexity index is 648. The quantitative estimate of drug-likeness (QED) is 0.920. The van der Waals surface area contributed by atoms with Gasteiger partial charge >= 0.3 is 6.09 Å². The number of anilines is 1. The highest BCUT2D eigenvalue weighted by molar-refractivity contribution is 5.87. The minimum atomic E-state index is -0.539. The molecule has 0 aliphatic rings. The topological polar surface area (TPSA) is 73.6 Å². The van der Waals surface area contributed by atoms with Crippen molar-refractivity contribution in [3.05, 3.63) is 65.7 Å². The third-order valence-corrected chi connectivity index (χ3v) is 3.06. The van der Waals surface area contributed by atoms with Gasteiger partial charge in [-0.25, -0.2) is 4.79 Å². The van der Waals surface area contributed by atoms with Gasteiger partial charge in [-0.1, -0.05) is 30.3 Å². The van der Waals surface area contributed by atoms with Crippen molar-refractivity contribution in [2.24, 2.45) is 0 Å². The average molecular weight is 296 g/mol. The van der Waals surface area contributed by atoms with Gasteiger partial charge in [-0.15, -0.1) is 0 Å². The molecule has 0 fully saturated rings. The first-order valence-electron chi connectivity index (χ1n) is 6.84. The summed E-state index contributed by atoms with van der Waals surface area (Å²) in [6, 6.07) is 17.9. The zero-order valence-electron chi connectivity index (χ0n) is 12.0. The molecule has 2 rings (SSSR count). The summed E-state index contributed by atoms with van der Waals surface area (Å²) in [6.45, 7) is 0.109. The first-order valence-corrected chi connectivity index (χ1v) is 6.84. The van der Waals surface area contributed by atoms with Crippen molar-refractivity contribution in [2.75, 3.05) is 18.1 Å². The van der Waals surface area contributed by atoms with Crippen LogP contribution in [-0.2, 0) is 11.3 Å². The van der Waals surface area contributed by atoms with E-state index in [9.17, 15) is 4.79 Å². The van der Waals surface area contributed by atoms with Crippen LogP contribution >= 0.6 is 0 Å². The molecule has 1 amide bonds. The Morgan fingerprint density at radius 1 is 1.14 bits per heavy atom. The van der Waals surface area contributed by atoms with Gasteiger partial charge in [0.25, 0.3) is 0 Å². The Morgan fingerprint density at radius 3 is 2.41 bits per heavy atom. The molecule has 112 valence electrons. The van der Waals surface area contributed by atoms with Gasteiger partial charge in [0.2, 0.25) is 0 Å². The van der Waals surface area contributed by atoms with Gasteiger partial charge in [0.1, 0.15) is 6.61 Å². The molecule has 0 aliphatic heterocycles. The highest BCUT2D eigenvalue weighted by atomic mass is 16.6. The zero-order valence-corrected chi connectivity index (χ0v) is 12.0. The maximum Gasteiger partial charge on any atom is 0.414 e. The number of benzene rings is 2. The fourth-order valence-electron chi connectivity index (χ4n) is 1.94. The van der Waals surface area contributed by atoms with Gasteiger partial charge < -0.3 is 9.84 Å². The Labute approximate surface area is 129 Å². The average Bonchev–Trinajstić information content (AvgIpc) is 2.58. The molecule has 0 aliphatic carbocycles. The van der Waals surface area contributed by atoms with Gasteiger partial charge in [-0.3, -0.25) is 4.90 Å². The van der Waals surface area contributed by atoms with Crippen molar-refractivity contribution in [1.29, 1.82) is 5.26 Å². The maximum absolute atomic E-state index is 12.2. The molecule has 0 radical (unpaired) electrons. The molecule has 0 saturated carbocycles. The van der Waals surface area contributed by atoms with Crippen molar-refractivity contribution in [1.82, 2.24) is 0 Å².